The Morgan fingerprint density at radius 2 is 1.92 bits per heavy atom. The summed E-state index contributed by atoms with van der Waals surface area (Å²) in [6.07, 6.45) is 1.45. The molecule has 25 heavy (non-hydrogen) atoms. The number of hydrogen-bond donors (Lipinski definition) is 1. The molecule has 1 heterocycles. The lowest BCUT2D eigenvalue weighted by Crippen LogP contribution is -2.28. The first-order valence-electron chi connectivity index (χ1n) is 7.27. The molecule has 1 aliphatic heterocycles. The lowest BCUT2D eigenvalue weighted by molar-refractivity contribution is -0.307. The number of amides is 1. The first kappa shape index (κ1) is 16.3. The SMILES string of the molecule is O=C([O-])COc1ccc(/C=N\NC(=O)c2ccc3c(c2)OCO3)cc1. The number of hydrogen-bond acceptors (Lipinski definition) is 7. The van der Waals surface area contributed by atoms with Crippen LogP contribution in [0.1, 0.15) is 15.9 Å². The summed E-state index contributed by atoms with van der Waals surface area (Å²) in [5.41, 5.74) is 3.51. The highest BCUT2D eigenvalue weighted by atomic mass is 16.7. The molecule has 0 aliphatic carbocycles. The number of ether oxygens (including phenoxy) is 3. The minimum absolute atomic E-state index is 0.140. The van der Waals surface area contributed by atoms with Gasteiger partial charge in [0.2, 0.25) is 6.79 Å². The number of carbonyl (C=O) groups is 2. The summed E-state index contributed by atoms with van der Waals surface area (Å²) in [7, 11) is 0. The van der Waals surface area contributed by atoms with Crippen LogP contribution in [-0.2, 0) is 4.79 Å². The van der Waals surface area contributed by atoms with E-state index in [0.29, 0.717) is 28.4 Å². The summed E-state index contributed by atoms with van der Waals surface area (Å²) < 4.78 is 15.4. The molecule has 0 unspecified atom stereocenters. The molecule has 0 atom stereocenters. The predicted octanol–water partition coefficient (Wildman–Crippen LogP) is 0.308. The fourth-order valence-electron chi connectivity index (χ4n) is 2.06. The van der Waals surface area contributed by atoms with E-state index in [4.69, 9.17) is 14.2 Å². The van der Waals surface area contributed by atoms with Crippen molar-refractivity contribution < 1.29 is 28.9 Å². The highest BCUT2D eigenvalue weighted by molar-refractivity contribution is 5.95. The summed E-state index contributed by atoms with van der Waals surface area (Å²) in [5, 5.41) is 14.2. The van der Waals surface area contributed by atoms with Crippen LogP contribution in [0.2, 0.25) is 0 Å². The molecule has 8 heteroatoms. The number of fused-ring (bicyclic) bond motifs is 1. The van der Waals surface area contributed by atoms with E-state index in [9.17, 15) is 14.7 Å². The Bertz CT molecular complexity index is 816. The zero-order valence-electron chi connectivity index (χ0n) is 12.9. The Morgan fingerprint density at radius 1 is 1.16 bits per heavy atom. The van der Waals surface area contributed by atoms with Crippen LogP contribution in [0.25, 0.3) is 0 Å². The van der Waals surface area contributed by atoms with Crippen LogP contribution in [0.4, 0.5) is 0 Å². The quantitative estimate of drug-likeness (QED) is 0.598. The summed E-state index contributed by atoms with van der Waals surface area (Å²) in [6, 6.07) is 11.4. The molecule has 0 saturated heterocycles. The molecule has 2 aromatic carbocycles. The number of carboxylic acids is 1. The zero-order chi connectivity index (χ0) is 17.6. The van der Waals surface area contributed by atoms with Crippen LogP contribution in [0.3, 0.4) is 0 Å². The number of carbonyl (C=O) groups excluding carboxylic acids is 2. The number of aliphatic carboxylic acids is 1. The van der Waals surface area contributed by atoms with E-state index < -0.39 is 12.6 Å². The second-order valence-electron chi connectivity index (χ2n) is 5.00. The summed E-state index contributed by atoms with van der Waals surface area (Å²) >= 11 is 0. The van der Waals surface area contributed by atoms with E-state index in [1.807, 2.05) is 0 Å². The van der Waals surface area contributed by atoms with Gasteiger partial charge in [-0.05, 0) is 48.0 Å². The van der Waals surface area contributed by atoms with Crippen molar-refractivity contribution in [3.05, 3.63) is 53.6 Å². The fourth-order valence-corrected chi connectivity index (χ4v) is 2.06. The molecule has 0 spiro atoms. The lowest BCUT2D eigenvalue weighted by atomic mass is 10.2. The van der Waals surface area contributed by atoms with Crippen LogP contribution in [0.15, 0.2) is 47.6 Å². The predicted molar refractivity (Wildman–Crippen MR) is 84.6 cm³/mol. The molecule has 2 aromatic rings. The smallest absolute Gasteiger partial charge is 0.271 e. The molecule has 128 valence electrons. The lowest BCUT2D eigenvalue weighted by Gasteiger charge is -2.06. The monoisotopic (exact) mass is 341 g/mol. The van der Waals surface area contributed by atoms with E-state index in [0.717, 1.165) is 0 Å². The molecule has 0 fully saturated rings. The summed E-state index contributed by atoms with van der Waals surface area (Å²) in [5.74, 6) is -0.170. The van der Waals surface area contributed by atoms with Crippen molar-refractivity contribution in [3.8, 4) is 17.2 Å². The molecule has 0 aromatic heterocycles. The fraction of sp³-hybridized carbons (Fsp3) is 0.118. The largest absolute Gasteiger partial charge is 0.546 e. The van der Waals surface area contributed by atoms with Crippen molar-refractivity contribution in [1.82, 2.24) is 5.43 Å². The van der Waals surface area contributed by atoms with Crippen molar-refractivity contribution >= 4 is 18.1 Å². The Balaban J connectivity index is 1.55. The minimum atomic E-state index is -1.29. The van der Waals surface area contributed by atoms with Gasteiger partial charge >= 0.3 is 0 Å². The van der Waals surface area contributed by atoms with Gasteiger partial charge in [-0.15, -0.1) is 0 Å². The molecular formula is C17H13N2O6-. The molecular weight excluding hydrogens is 328 g/mol. The molecule has 3 rings (SSSR count). The van der Waals surface area contributed by atoms with Gasteiger partial charge in [-0.2, -0.15) is 5.10 Å². The average Bonchev–Trinajstić information content (AvgIpc) is 3.08. The Labute approximate surface area is 142 Å². The maximum atomic E-state index is 12.0. The number of nitrogens with zero attached hydrogens (tertiary/aromatic N) is 1. The van der Waals surface area contributed by atoms with Crippen LogP contribution < -0.4 is 24.7 Å². The van der Waals surface area contributed by atoms with E-state index in [2.05, 4.69) is 10.5 Å². The van der Waals surface area contributed by atoms with Gasteiger partial charge in [0.15, 0.2) is 11.5 Å². The highest BCUT2D eigenvalue weighted by Crippen LogP contribution is 2.32. The molecule has 0 bridgehead atoms. The van der Waals surface area contributed by atoms with Crippen LogP contribution in [0, 0.1) is 0 Å². The average molecular weight is 341 g/mol. The van der Waals surface area contributed by atoms with Gasteiger partial charge in [-0.1, -0.05) is 0 Å². The Morgan fingerprint density at radius 3 is 2.68 bits per heavy atom. The van der Waals surface area contributed by atoms with Crippen molar-refractivity contribution in [1.29, 1.82) is 0 Å². The standard InChI is InChI=1S/C17H14N2O6/c20-16(21)9-23-13-4-1-11(2-5-13)8-18-19-17(22)12-3-6-14-15(7-12)25-10-24-14/h1-8H,9-10H2,(H,19,22)(H,20,21)/p-1/b18-8-. The second-order valence-corrected chi connectivity index (χ2v) is 5.00. The van der Waals surface area contributed by atoms with Crippen molar-refractivity contribution in [2.45, 2.75) is 0 Å². The molecule has 1 aliphatic rings. The Hall–Kier alpha value is -3.55. The number of nitrogens with one attached hydrogen (secondary N) is 1. The van der Waals surface area contributed by atoms with Crippen LogP contribution in [0.5, 0.6) is 17.2 Å². The number of benzene rings is 2. The summed E-state index contributed by atoms with van der Waals surface area (Å²) in [4.78, 5) is 22.3. The van der Waals surface area contributed by atoms with Gasteiger partial charge < -0.3 is 24.1 Å². The third kappa shape index (κ3) is 4.25. The van der Waals surface area contributed by atoms with Gasteiger partial charge in [0.25, 0.3) is 5.91 Å². The van der Waals surface area contributed by atoms with Crippen molar-refractivity contribution in [2.75, 3.05) is 13.4 Å². The maximum absolute atomic E-state index is 12.0. The number of carboxylic acid groups (broad SMARTS) is 1. The van der Waals surface area contributed by atoms with Gasteiger partial charge in [0, 0.05) is 5.56 Å². The van der Waals surface area contributed by atoms with Crippen LogP contribution in [-0.4, -0.2) is 31.5 Å². The van der Waals surface area contributed by atoms with Crippen molar-refractivity contribution in [2.24, 2.45) is 5.10 Å². The van der Waals surface area contributed by atoms with Gasteiger partial charge in [-0.25, -0.2) is 5.43 Å². The third-order valence-corrected chi connectivity index (χ3v) is 3.25. The van der Waals surface area contributed by atoms with E-state index in [1.165, 1.54) is 6.21 Å². The molecule has 0 radical (unpaired) electrons. The topological polar surface area (TPSA) is 109 Å². The van der Waals surface area contributed by atoms with E-state index in [-0.39, 0.29) is 12.7 Å². The molecule has 1 amide bonds. The first-order valence-corrected chi connectivity index (χ1v) is 7.27. The van der Waals surface area contributed by atoms with Crippen molar-refractivity contribution in [3.63, 3.8) is 0 Å². The number of rotatable bonds is 6. The zero-order valence-corrected chi connectivity index (χ0v) is 12.9. The molecule has 8 nitrogen and oxygen atoms in total. The normalized spacial score (nSPS) is 12.2. The number of hydrazone groups is 1. The van der Waals surface area contributed by atoms with Gasteiger partial charge in [0.05, 0.1) is 12.2 Å². The third-order valence-electron chi connectivity index (χ3n) is 3.25. The second kappa shape index (κ2) is 7.35. The minimum Gasteiger partial charge on any atom is -0.546 e. The van der Waals surface area contributed by atoms with Gasteiger partial charge in [0.1, 0.15) is 12.4 Å². The van der Waals surface area contributed by atoms with E-state index >= 15 is 0 Å². The maximum Gasteiger partial charge on any atom is 0.271 e. The van der Waals surface area contributed by atoms with Crippen LogP contribution >= 0.6 is 0 Å². The first-order chi connectivity index (χ1) is 12.1. The van der Waals surface area contributed by atoms with Gasteiger partial charge in [-0.3, -0.25) is 4.79 Å². The Kier molecular flexibility index (Phi) is 4.79. The highest BCUT2D eigenvalue weighted by Gasteiger charge is 2.15. The van der Waals surface area contributed by atoms with E-state index in [1.54, 1.807) is 42.5 Å². The molecule has 0 saturated carbocycles. The molecule has 1 N–H and O–H groups in total. The summed E-state index contributed by atoms with van der Waals surface area (Å²) in [6.45, 7) is -0.375.